The van der Waals surface area contributed by atoms with Crippen LogP contribution in [0.3, 0.4) is 0 Å². The average molecular weight is 248 g/mol. The van der Waals surface area contributed by atoms with Crippen LogP contribution in [0.1, 0.15) is 0 Å². The lowest BCUT2D eigenvalue weighted by atomic mass is 9.93. The summed E-state index contributed by atoms with van der Waals surface area (Å²) in [6.07, 6.45) is 0. The predicted octanol–water partition coefficient (Wildman–Crippen LogP) is -2.33. The van der Waals surface area contributed by atoms with Gasteiger partial charge in [-0.2, -0.15) is 0 Å². The van der Waals surface area contributed by atoms with Gasteiger partial charge in [0.2, 0.25) is 0 Å². The van der Waals surface area contributed by atoms with Crippen LogP contribution in [-0.4, -0.2) is 63.5 Å². The van der Waals surface area contributed by atoms with Crippen molar-refractivity contribution in [2.45, 2.75) is 0 Å². The van der Waals surface area contributed by atoms with Gasteiger partial charge in [0.05, 0.1) is 31.8 Å². The standard InChI is InChI=1S/C6H14O4.H3O4P/c1-10-5-6(2-7,3-8)4-9;1-5(2,3)4/h7-9H,2-5H2,1H3;(H3,1,2,3,4). The maximum absolute atomic E-state index is 8.88. The number of phosphoric acid groups is 1. The van der Waals surface area contributed by atoms with E-state index in [1.165, 1.54) is 7.11 Å². The Morgan fingerprint density at radius 2 is 1.33 bits per heavy atom. The average Bonchev–Trinajstić information content (AvgIpc) is 2.12. The summed E-state index contributed by atoms with van der Waals surface area (Å²) in [5.41, 5.74) is -0.880. The summed E-state index contributed by atoms with van der Waals surface area (Å²) in [6.45, 7) is -0.647. The molecular formula is C6H17O8P. The van der Waals surface area contributed by atoms with Gasteiger partial charge in [0.15, 0.2) is 0 Å². The van der Waals surface area contributed by atoms with Crippen molar-refractivity contribution in [1.29, 1.82) is 0 Å². The smallest absolute Gasteiger partial charge is 0.396 e. The minimum absolute atomic E-state index is 0.163. The summed E-state index contributed by atoms with van der Waals surface area (Å²) in [4.78, 5) is 21.6. The number of hydrogen-bond acceptors (Lipinski definition) is 5. The lowest BCUT2D eigenvalue weighted by molar-refractivity contribution is -0.0456. The molecule has 0 bridgehead atoms. The van der Waals surface area contributed by atoms with E-state index in [9.17, 15) is 0 Å². The van der Waals surface area contributed by atoms with Crippen LogP contribution in [0.5, 0.6) is 0 Å². The maximum Gasteiger partial charge on any atom is 0.466 e. The van der Waals surface area contributed by atoms with Gasteiger partial charge in [0.25, 0.3) is 0 Å². The van der Waals surface area contributed by atoms with Gasteiger partial charge < -0.3 is 34.7 Å². The molecule has 0 saturated carbocycles. The largest absolute Gasteiger partial charge is 0.466 e. The van der Waals surface area contributed by atoms with Gasteiger partial charge in [0.1, 0.15) is 0 Å². The van der Waals surface area contributed by atoms with Gasteiger partial charge in [-0.1, -0.05) is 0 Å². The number of aliphatic hydroxyl groups is 3. The van der Waals surface area contributed by atoms with Crippen LogP contribution in [-0.2, 0) is 9.30 Å². The van der Waals surface area contributed by atoms with Crippen molar-refractivity contribution in [2.75, 3.05) is 33.5 Å². The molecule has 15 heavy (non-hydrogen) atoms. The summed E-state index contributed by atoms with van der Waals surface area (Å²) in [7, 11) is -3.18. The van der Waals surface area contributed by atoms with Crippen molar-refractivity contribution in [3.63, 3.8) is 0 Å². The first-order valence-corrected chi connectivity index (χ1v) is 5.41. The van der Waals surface area contributed by atoms with E-state index in [4.69, 9.17) is 39.3 Å². The summed E-state index contributed by atoms with van der Waals surface area (Å²) < 4.78 is 13.6. The second-order valence-electron chi connectivity index (χ2n) is 2.92. The Kier molecular flexibility index (Phi) is 9.42. The molecule has 0 aromatic carbocycles. The normalized spacial score (nSPS) is 11.9. The lowest BCUT2D eigenvalue weighted by Gasteiger charge is -2.25. The predicted molar refractivity (Wildman–Crippen MR) is 49.8 cm³/mol. The molecule has 8 nitrogen and oxygen atoms in total. The first-order valence-electron chi connectivity index (χ1n) is 3.84. The second kappa shape index (κ2) is 8.14. The minimum atomic E-state index is -4.64. The molecule has 94 valence electrons. The third-order valence-electron chi connectivity index (χ3n) is 1.46. The van der Waals surface area contributed by atoms with Crippen LogP contribution in [0.25, 0.3) is 0 Å². The van der Waals surface area contributed by atoms with Crippen LogP contribution >= 0.6 is 7.82 Å². The third kappa shape index (κ3) is 11.9. The van der Waals surface area contributed by atoms with E-state index in [0.29, 0.717) is 0 Å². The topological polar surface area (TPSA) is 148 Å². The third-order valence-corrected chi connectivity index (χ3v) is 1.46. The minimum Gasteiger partial charge on any atom is -0.396 e. The Hall–Kier alpha value is -0.0500. The fourth-order valence-electron chi connectivity index (χ4n) is 0.593. The van der Waals surface area contributed by atoms with Crippen LogP contribution in [0.2, 0.25) is 0 Å². The summed E-state index contributed by atoms with van der Waals surface area (Å²) in [5, 5.41) is 26.1. The van der Waals surface area contributed by atoms with Gasteiger partial charge in [-0.05, 0) is 0 Å². The van der Waals surface area contributed by atoms with Crippen LogP contribution in [0.4, 0.5) is 0 Å². The Balaban J connectivity index is 0. The van der Waals surface area contributed by atoms with Crippen LogP contribution < -0.4 is 0 Å². The number of ether oxygens (including phenoxy) is 1. The molecule has 0 aromatic rings. The Morgan fingerprint density at radius 1 is 1.07 bits per heavy atom. The maximum atomic E-state index is 8.88. The molecule has 0 aliphatic heterocycles. The Morgan fingerprint density at radius 3 is 1.40 bits per heavy atom. The van der Waals surface area contributed by atoms with Crippen LogP contribution in [0, 0.1) is 5.41 Å². The summed E-state index contributed by atoms with van der Waals surface area (Å²) >= 11 is 0. The molecule has 9 heteroatoms. The number of rotatable bonds is 5. The molecule has 0 fully saturated rings. The van der Waals surface area contributed by atoms with E-state index >= 15 is 0 Å². The number of hydrogen-bond donors (Lipinski definition) is 6. The summed E-state index contributed by atoms with van der Waals surface area (Å²) in [6, 6.07) is 0. The van der Waals surface area contributed by atoms with E-state index in [-0.39, 0.29) is 26.4 Å². The highest BCUT2D eigenvalue weighted by molar-refractivity contribution is 7.45. The van der Waals surface area contributed by atoms with E-state index in [2.05, 4.69) is 0 Å². The van der Waals surface area contributed by atoms with Crippen LogP contribution in [0.15, 0.2) is 0 Å². The van der Waals surface area contributed by atoms with Crippen molar-refractivity contribution in [2.24, 2.45) is 5.41 Å². The van der Waals surface area contributed by atoms with E-state index < -0.39 is 13.2 Å². The zero-order valence-corrected chi connectivity index (χ0v) is 9.17. The van der Waals surface area contributed by atoms with Crippen molar-refractivity contribution in [3.05, 3.63) is 0 Å². The van der Waals surface area contributed by atoms with Gasteiger partial charge in [-0.25, -0.2) is 4.57 Å². The molecule has 0 aliphatic rings. The molecule has 0 atom stereocenters. The fraction of sp³-hybridized carbons (Fsp3) is 1.00. The number of methoxy groups -OCH3 is 1. The Bertz CT molecular complexity index is 169. The zero-order valence-electron chi connectivity index (χ0n) is 8.28. The first kappa shape index (κ1) is 17.3. The Labute approximate surface area is 87.0 Å². The van der Waals surface area contributed by atoms with Gasteiger partial charge in [-0.15, -0.1) is 0 Å². The molecule has 0 aromatic heterocycles. The highest BCUT2D eigenvalue weighted by atomic mass is 31.2. The van der Waals surface area contributed by atoms with Gasteiger partial charge in [-0.3, -0.25) is 0 Å². The monoisotopic (exact) mass is 248 g/mol. The molecule has 0 aliphatic carbocycles. The first-order chi connectivity index (χ1) is 6.74. The highest BCUT2D eigenvalue weighted by Gasteiger charge is 2.27. The highest BCUT2D eigenvalue weighted by Crippen LogP contribution is 2.25. The molecule has 0 rings (SSSR count). The SMILES string of the molecule is COCC(CO)(CO)CO.O=P(O)(O)O. The van der Waals surface area contributed by atoms with Crippen molar-refractivity contribution >= 4 is 7.82 Å². The molecule has 6 N–H and O–H groups in total. The summed E-state index contributed by atoms with van der Waals surface area (Å²) in [5.74, 6) is 0. The van der Waals surface area contributed by atoms with Crippen molar-refractivity contribution < 1.29 is 39.3 Å². The molecule has 0 unspecified atom stereocenters. The lowest BCUT2D eigenvalue weighted by Crippen LogP contribution is -2.38. The molecular weight excluding hydrogens is 231 g/mol. The number of aliphatic hydroxyl groups excluding tert-OH is 3. The van der Waals surface area contributed by atoms with E-state index in [1.807, 2.05) is 0 Å². The van der Waals surface area contributed by atoms with Crippen molar-refractivity contribution in [3.8, 4) is 0 Å². The molecule has 0 spiro atoms. The molecule has 0 saturated heterocycles. The quantitative estimate of drug-likeness (QED) is 0.297. The fourth-order valence-corrected chi connectivity index (χ4v) is 0.593. The molecule has 0 heterocycles. The van der Waals surface area contributed by atoms with Gasteiger partial charge >= 0.3 is 7.82 Å². The zero-order chi connectivity index (χ0) is 12.5. The van der Waals surface area contributed by atoms with E-state index in [0.717, 1.165) is 0 Å². The van der Waals surface area contributed by atoms with E-state index in [1.54, 1.807) is 0 Å². The molecule has 0 radical (unpaired) electrons. The molecule has 0 amide bonds. The second-order valence-corrected chi connectivity index (χ2v) is 3.95. The van der Waals surface area contributed by atoms with Crippen molar-refractivity contribution in [1.82, 2.24) is 0 Å². The van der Waals surface area contributed by atoms with Gasteiger partial charge in [0, 0.05) is 7.11 Å².